The fraction of sp³-hybridized carbons (Fsp3) is 0.238. The van der Waals surface area contributed by atoms with Crippen molar-refractivity contribution < 1.29 is 4.79 Å². The predicted molar refractivity (Wildman–Crippen MR) is 110 cm³/mol. The number of nitrogens with zero attached hydrogens (tertiary/aromatic N) is 5. The van der Waals surface area contributed by atoms with E-state index in [0.29, 0.717) is 24.6 Å². The first-order valence-electron chi connectivity index (χ1n) is 9.39. The van der Waals surface area contributed by atoms with Gasteiger partial charge in [-0.05, 0) is 23.8 Å². The predicted octanol–water partition coefficient (Wildman–Crippen LogP) is 1.49. The molecule has 0 aliphatic heterocycles. The van der Waals surface area contributed by atoms with Gasteiger partial charge in [0.1, 0.15) is 5.69 Å². The van der Waals surface area contributed by atoms with Crippen molar-refractivity contribution in [1.82, 2.24) is 29.2 Å². The Balaban J connectivity index is 1.40. The summed E-state index contributed by atoms with van der Waals surface area (Å²) in [7, 11) is 3.63. The summed E-state index contributed by atoms with van der Waals surface area (Å²) >= 11 is 0. The summed E-state index contributed by atoms with van der Waals surface area (Å²) in [6.07, 6.45) is 3.93. The van der Waals surface area contributed by atoms with E-state index in [1.807, 2.05) is 54.2 Å². The molecular weight excluding hydrogens is 368 g/mol. The Labute approximate surface area is 167 Å². The van der Waals surface area contributed by atoms with Crippen LogP contribution in [0.25, 0.3) is 22.4 Å². The van der Waals surface area contributed by atoms with Crippen molar-refractivity contribution in [2.75, 3.05) is 6.54 Å². The second-order valence-corrected chi connectivity index (χ2v) is 6.91. The SMILES string of the molecule is Cn1c(-c2ccccn2)nn(CCNC(=O)Cc2cn(C)c3ccccc23)c1=O. The fourth-order valence-electron chi connectivity index (χ4n) is 3.45. The van der Waals surface area contributed by atoms with Crippen molar-refractivity contribution in [3.8, 4) is 11.5 Å². The van der Waals surface area contributed by atoms with Crippen LogP contribution in [-0.4, -0.2) is 36.4 Å². The molecule has 0 radical (unpaired) electrons. The van der Waals surface area contributed by atoms with E-state index in [1.165, 1.54) is 9.25 Å². The highest BCUT2D eigenvalue weighted by atomic mass is 16.2. The third-order valence-corrected chi connectivity index (χ3v) is 4.91. The van der Waals surface area contributed by atoms with Gasteiger partial charge in [0.2, 0.25) is 5.91 Å². The number of para-hydroxylation sites is 1. The number of nitrogens with one attached hydrogen (secondary N) is 1. The number of aromatic nitrogens is 5. The van der Waals surface area contributed by atoms with Crippen LogP contribution in [0.2, 0.25) is 0 Å². The van der Waals surface area contributed by atoms with Gasteiger partial charge in [-0.1, -0.05) is 24.3 Å². The molecule has 0 saturated heterocycles. The second kappa shape index (κ2) is 7.75. The van der Waals surface area contributed by atoms with E-state index in [1.54, 1.807) is 19.3 Å². The van der Waals surface area contributed by atoms with Crippen LogP contribution in [0.5, 0.6) is 0 Å². The Morgan fingerprint density at radius 3 is 2.69 bits per heavy atom. The van der Waals surface area contributed by atoms with Crippen molar-refractivity contribution in [2.24, 2.45) is 14.1 Å². The van der Waals surface area contributed by atoms with Gasteiger partial charge in [-0.2, -0.15) is 0 Å². The van der Waals surface area contributed by atoms with E-state index >= 15 is 0 Å². The fourth-order valence-corrected chi connectivity index (χ4v) is 3.45. The minimum atomic E-state index is -0.242. The quantitative estimate of drug-likeness (QED) is 0.540. The van der Waals surface area contributed by atoms with Gasteiger partial charge in [-0.25, -0.2) is 9.48 Å². The lowest BCUT2D eigenvalue weighted by molar-refractivity contribution is -0.120. The molecule has 3 aromatic heterocycles. The normalized spacial score (nSPS) is 11.1. The highest BCUT2D eigenvalue weighted by Crippen LogP contribution is 2.20. The molecule has 4 aromatic rings. The third kappa shape index (κ3) is 3.69. The molecule has 8 heteroatoms. The van der Waals surface area contributed by atoms with Crippen molar-refractivity contribution in [3.05, 3.63) is 70.9 Å². The third-order valence-electron chi connectivity index (χ3n) is 4.91. The zero-order valence-corrected chi connectivity index (χ0v) is 16.4. The van der Waals surface area contributed by atoms with E-state index in [-0.39, 0.29) is 18.0 Å². The number of hydrogen-bond donors (Lipinski definition) is 1. The number of pyridine rings is 1. The topological polar surface area (TPSA) is 86.7 Å². The monoisotopic (exact) mass is 390 g/mol. The number of rotatable bonds is 6. The van der Waals surface area contributed by atoms with Crippen molar-refractivity contribution in [3.63, 3.8) is 0 Å². The van der Waals surface area contributed by atoms with Crippen LogP contribution in [0.4, 0.5) is 0 Å². The molecule has 29 heavy (non-hydrogen) atoms. The van der Waals surface area contributed by atoms with Gasteiger partial charge in [0.15, 0.2) is 5.82 Å². The first kappa shape index (κ1) is 18.7. The smallest absolute Gasteiger partial charge is 0.346 e. The van der Waals surface area contributed by atoms with Crippen LogP contribution in [0.1, 0.15) is 5.56 Å². The minimum Gasteiger partial charge on any atom is -0.354 e. The molecule has 8 nitrogen and oxygen atoms in total. The molecule has 0 atom stereocenters. The van der Waals surface area contributed by atoms with Crippen LogP contribution < -0.4 is 11.0 Å². The molecule has 0 saturated carbocycles. The molecule has 0 bridgehead atoms. The minimum absolute atomic E-state index is 0.0877. The van der Waals surface area contributed by atoms with Gasteiger partial charge in [-0.3, -0.25) is 14.3 Å². The first-order chi connectivity index (χ1) is 14.0. The average molecular weight is 390 g/mol. The molecule has 148 valence electrons. The average Bonchev–Trinajstić information content (AvgIpc) is 3.20. The zero-order valence-electron chi connectivity index (χ0n) is 16.4. The van der Waals surface area contributed by atoms with Crippen LogP contribution in [0, 0.1) is 0 Å². The largest absolute Gasteiger partial charge is 0.354 e. The maximum Gasteiger partial charge on any atom is 0.346 e. The molecule has 0 aliphatic rings. The summed E-state index contributed by atoms with van der Waals surface area (Å²) in [5.41, 5.74) is 2.46. The van der Waals surface area contributed by atoms with Gasteiger partial charge >= 0.3 is 5.69 Å². The van der Waals surface area contributed by atoms with E-state index < -0.39 is 0 Å². The van der Waals surface area contributed by atoms with Gasteiger partial charge in [0.05, 0.1) is 13.0 Å². The number of benzene rings is 1. The Kier molecular flexibility index (Phi) is 4.99. The van der Waals surface area contributed by atoms with Crippen LogP contribution in [0.3, 0.4) is 0 Å². The molecule has 1 amide bonds. The zero-order chi connectivity index (χ0) is 20.4. The maximum atomic E-state index is 12.4. The number of fused-ring (bicyclic) bond motifs is 1. The molecule has 1 aromatic carbocycles. The molecular formula is C21H22N6O2. The van der Waals surface area contributed by atoms with Gasteiger partial charge in [0, 0.05) is 43.9 Å². The van der Waals surface area contributed by atoms with E-state index in [9.17, 15) is 9.59 Å². The number of carbonyl (C=O) groups is 1. The summed E-state index contributed by atoms with van der Waals surface area (Å²) < 4.78 is 4.83. The Morgan fingerprint density at radius 2 is 1.90 bits per heavy atom. The molecule has 1 N–H and O–H groups in total. The Bertz CT molecular complexity index is 1220. The lowest BCUT2D eigenvalue weighted by Crippen LogP contribution is -2.32. The molecule has 0 spiro atoms. The van der Waals surface area contributed by atoms with Crippen molar-refractivity contribution in [2.45, 2.75) is 13.0 Å². The molecule has 0 fully saturated rings. The van der Waals surface area contributed by atoms with E-state index in [2.05, 4.69) is 15.4 Å². The van der Waals surface area contributed by atoms with Crippen molar-refractivity contribution >= 4 is 16.8 Å². The summed E-state index contributed by atoms with van der Waals surface area (Å²) in [5.74, 6) is 0.410. The van der Waals surface area contributed by atoms with Gasteiger partial charge in [0.25, 0.3) is 0 Å². The lowest BCUT2D eigenvalue weighted by atomic mass is 10.1. The highest BCUT2D eigenvalue weighted by Gasteiger charge is 2.14. The summed E-state index contributed by atoms with van der Waals surface area (Å²) in [5, 5.41) is 8.31. The Morgan fingerprint density at radius 1 is 1.10 bits per heavy atom. The first-order valence-corrected chi connectivity index (χ1v) is 9.39. The van der Waals surface area contributed by atoms with Crippen LogP contribution in [-0.2, 0) is 31.9 Å². The molecule has 0 unspecified atom stereocenters. The van der Waals surface area contributed by atoms with Crippen molar-refractivity contribution in [1.29, 1.82) is 0 Å². The summed E-state index contributed by atoms with van der Waals surface area (Å²) in [6.45, 7) is 0.614. The van der Waals surface area contributed by atoms with E-state index in [0.717, 1.165) is 16.5 Å². The van der Waals surface area contributed by atoms with Gasteiger partial charge < -0.3 is 9.88 Å². The maximum absolute atomic E-state index is 12.4. The van der Waals surface area contributed by atoms with Crippen LogP contribution in [0.15, 0.2) is 59.7 Å². The summed E-state index contributed by atoms with van der Waals surface area (Å²) in [4.78, 5) is 29.0. The van der Waals surface area contributed by atoms with Crippen LogP contribution >= 0.6 is 0 Å². The number of hydrogen-bond acceptors (Lipinski definition) is 4. The standard InChI is InChI=1S/C21H22N6O2/c1-25-14-15(16-7-3-4-9-18(16)25)13-19(28)23-11-12-27-21(29)26(2)20(24-27)17-8-5-6-10-22-17/h3-10,14H,11-13H2,1-2H3,(H,23,28). The molecule has 3 heterocycles. The number of amides is 1. The molecule has 0 aliphatic carbocycles. The van der Waals surface area contributed by atoms with E-state index in [4.69, 9.17) is 0 Å². The Hall–Kier alpha value is -3.68. The number of aryl methyl sites for hydroxylation is 1. The number of carbonyl (C=O) groups excluding carboxylic acids is 1. The lowest BCUT2D eigenvalue weighted by Gasteiger charge is -2.04. The summed E-state index contributed by atoms with van der Waals surface area (Å²) in [6, 6.07) is 13.5. The molecule has 4 rings (SSSR count). The van der Waals surface area contributed by atoms with Gasteiger partial charge in [-0.15, -0.1) is 5.10 Å². The highest BCUT2D eigenvalue weighted by molar-refractivity contribution is 5.89. The second-order valence-electron chi connectivity index (χ2n) is 6.91.